The summed E-state index contributed by atoms with van der Waals surface area (Å²) in [5.41, 5.74) is 0. The van der Waals surface area contributed by atoms with Gasteiger partial charge in [0.05, 0.1) is 19.0 Å². The van der Waals surface area contributed by atoms with Crippen LogP contribution < -0.4 is 0 Å². The normalized spacial score (nSPS) is 21.3. The fourth-order valence-corrected chi connectivity index (χ4v) is 0.785. The topological polar surface area (TPSA) is 31.2 Å². The maximum absolute atomic E-state index is 3.94. The van der Waals surface area contributed by atoms with Crippen LogP contribution in [0.3, 0.4) is 0 Å². The fraction of sp³-hybridized carbons (Fsp3) is 0.200. The average Bonchev–Trinajstić information content (AvgIpc) is 2.33. The monoisotopic (exact) mass is 122 g/mol. The van der Waals surface area contributed by atoms with E-state index in [-0.39, 0.29) is 0 Å². The highest BCUT2D eigenvalue weighted by Crippen LogP contribution is 2.07. The zero-order chi connectivity index (χ0) is 6.10. The Bertz CT molecular complexity index is 193. The molecule has 0 radical (unpaired) electrons. The van der Waals surface area contributed by atoms with Gasteiger partial charge in [-0.05, 0) is 6.08 Å². The third-order valence-corrected chi connectivity index (χ3v) is 1.20. The molecule has 0 aromatic heterocycles. The van der Waals surface area contributed by atoms with Gasteiger partial charge in [-0.3, -0.25) is 5.01 Å². The van der Waals surface area contributed by atoms with E-state index >= 15 is 0 Å². The van der Waals surface area contributed by atoms with Crippen molar-refractivity contribution in [1.29, 1.82) is 0 Å². The Balaban J connectivity index is 2.25. The molecule has 0 aliphatic carbocycles. The Labute approximate surface area is 52.7 Å². The van der Waals surface area contributed by atoms with Crippen molar-refractivity contribution in [3.05, 3.63) is 12.3 Å². The number of hydrazone groups is 2. The summed E-state index contributed by atoms with van der Waals surface area (Å²) in [6.07, 6.45) is 7.33. The quantitative estimate of drug-likeness (QED) is 0.453. The first-order chi connectivity index (χ1) is 4.47. The van der Waals surface area contributed by atoms with E-state index in [4.69, 9.17) is 0 Å². The van der Waals surface area contributed by atoms with Gasteiger partial charge in [0.1, 0.15) is 0 Å². The maximum Gasteiger partial charge on any atom is 0.0797 e. The lowest BCUT2D eigenvalue weighted by Crippen LogP contribution is -2.27. The van der Waals surface area contributed by atoms with Crippen molar-refractivity contribution in [2.45, 2.75) is 0 Å². The third-order valence-electron chi connectivity index (χ3n) is 1.20. The van der Waals surface area contributed by atoms with E-state index in [1.807, 2.05) is 23.5 Å². The molecule has 0 spiro atoms. The predicted molar refractivity (Wildman–Crippen MR) is 34.7 cm³/mol. The average molecular weight is 122 g/mol. The van der Waals surface area contributed by atoms with Crippen molar-refractivity contribution in [2.24, 2.45) is 10.2 Å². The molecule has 0 aromatic rings. The molecular formula is C5H6N4. The van der Waals surface area contributed by atoms with E-state index in [1.54, 1.807) is 11.4 Å². The Morgan fingerprint density at radius 3 is 3.22 bits per heavy atom. The molecule has 0 N–H and O–H groups in total. The van der Waals surface area contributed by atoms with E-state index in [2.05, 4.69) is 10.2 Å². The molecule has 2 aliphatic heterocycles. The summed E-state index contributed by atoms with van der Waals surface area (Å²) in [6.45, 7) is 0.827. The number of allylic oxidation sites excluding steroid dienone is 1. The molecule has 2 rings (SSSR count). The Kier molecular flexibility index (Phi) is 0.798. The second-order valence-corrected chi connectivity index (χ2v) is 1.79. The summed E-state index contributed by atoms with van der Waals surface area (Å²) in [5.74, 6) is 0. The molecule has 0 aromatic carbocycles. The second kappa shape index (κ2) is 1.58. The lowest BCUT2D eigenvalue weighted by Gasteiger charge is -2.21. The van der Waals surface area contributed by atoms with E-state index < -0.39 is 0 Å². The van der Waals surface area contributed by atoms with Crippen LogP contribution in [0.5, 0.6) is 0 Å². The van der Waals surface area contributed by atoms with Gasteiger partial charge in [0.2, 0.25) is 0 Å². The first-order valence-corrected chi connectivity index (χ1v) is 2.77. The standard InChI is InChI=1S/C5H6N4/c1-2-6-9-7-3-5-8(9)4-1/h1-4H,5H2. The van der Waals surface area contributed by atoms with Crippen LogP contribution in [0.25, 0.3) is 0 Å². The molecule has 46 valence electrons. The molecule has 0 amide bonds. The first kappa shape index (κ1) is 4.55. The molecule has 2 aliphatic rings. The van der Waals surface area contributed by atoms with E-state index in [1.165, 1.54) is 0 Å². The number of rotatable bonds is 0. The number of hydrazine groups is 1. The number of hydrogen-bond acceptors (Lipinski definition) is 4. The minimum absolute atomic E-state index is 0.827. The molecule has 0 atom stereocenters. The van der Waals surface area contributed by atoms with Crippen LogP contribution in [0.4, 0.5) is 0 Å². The Morgan fingerprint density at radius 1 is 1.33 bits per heavy atom. The lowest BCUT2D eigenvalue weighted by molar-refractivity contribution is 0.0614. The smallest absolute Gasteiger partial charge is 0.0797 e. The molecule has 0 unspecified atom stereocenters. The van der Waals surface area contributed by atoms with Gasteiger partial charge in [0.15, 0.2) is 0 Å². The van der Waals surface area contributed by atoms with Gasteiger partial charge in [-0.2, -0.15) is 0 Å². The molecule has 2 heterocycles. The van der Waals surface area contributed by atoms with Gasteiger partial charge in [0.25, 0.3) is 0 Å². The lowest BCUT2D eigenvalue weighted by atomic mass is 10.6. The van der Waals surface area contributed by atoms with Crippen LogP contribution in [0.1, 0.15) is 0 Å². The maximum atomic E-state index is 3.94. The van der Waals surface area contributed by atoms with Crippen LogP contribution in [-0.2, 0) is 0 Å². The Hall–Kier alpha value is -1.32. The van der Waals surface area contributed by atoms with Gasteiger partial charge in [-0.25, -0.2) is 0 Å². The summed E-state index contributed by atoms with van der Waals surface area (Å²) in [5, 5.41) is 11.3. The molecule has 0 fully saturated rings. The Morgan fingerprint density at radius 2 is 2.33 bits per heavy atom. The minimum atomic E-state index is 0.827. The largest absolute Gasteiger partial charge is 0.250 e. The zero-order valence-corrected chi connectivity index (χ0v) is 4.81. The van der Waals surface area contributed by atoms with Gasteiger partial charge < -0.3 is 0 Å². The van der Waals surface area contributed by atoms with Gasteiger partial charge in [0, 0.05) is 6.20 Å². The highest BCUT2D eigenvalue weighted by molar-refractivity contribution is 5.72. The van der Waals surface area contributed by atoms with Gasteiger partial charge >= 0.3 is 0 Å². The summed E-state index contributed by atoms with van der Waals surface area (Å²) in [7, 11) is 0. The van der Waals surface area contributed by atoms with Crippen molar-refractivity contribution in [3.63, 3.8) is 0 Å². The molecule has 4 nitrogen and oxygen atoms in total. The third kappa shape index (κ3) is 0.595. The number of fused-ring (bicyclic) bond motifs is 1. The highest BCUT2D eigenvalue weighted by atomic mass is 15.9. The van der Waals surface area contributed by atoms with E-state index in [9.17, 15) is 0 Å². The van der Waals surface area contributed by atoms with Crippen molar-refractivity contribution < 1.29 is 0 Å². The van der Waals surface area contributed by atoms with Crippen molar-refractivity contribution in [2.75, 3.05) is 6.54 Å². The molecule has 0 saturated carbocycles. The van der Waals surface area contributed by atoms with E-state index in [0.29, 0.717) is 0 Å². The molecule has 0 bridgehead atoms. The van der Waals surface area contributed by atoms with E-state index in [0.717, 1.165) is 6.54 Å². The number of nitrogens with zero attached hydrogens (tertiary/aromatic N) is 4. The molecular weight excluding hydrogens is 116 g/mol. The molecule has 9 heavy (non-hydrogen) atoms. The summed E-state index contributed by atoms with van der Waals surface area (Å²) in [6, 6.07) is 0. The second-order valence-electron chi connectivity index (χ2n) is 1.79. The van der Waals surface area contributed by atoms with Crippen LogP contribution >= 0.6 is 0 Å². The van der Waals surface area contributed by atoms with Crippen LogP contribution in [-0.4, -0.2) is 29.2 Å². The van der Waals surface area contributed by atoms with Crippen LogP contribution in [0.2, 0.25) is 0 Å². The predicted octanol–water partition coefficient (Wildman–Crippen LogP) is 0.0179. The molecule has 4 heteroatoms. The fourth-order valence-electron chi connectivity index (χ4n) is 0.785. The van der Waals surface area contributed by atoms with Crippen LogP contribution in [0, 0.1) is 0 Å². The summed E-state index contributed by atoms with van der Waals surface area (Å²) < 4.78 is 0. The SMILES string of the molecule is C1=CN2CC=NN2N=C1. The summed E-state index contributed by atoms with van der Waals surface area (Å²) >= 11 is 0. The zero-order valence-electron chi connectivity index (χ0n) is 4.81. The van der Waals surface area contributed by atoms with Gasteiger partial charge in [-0.15, -0.1) is 10.2 Å². The minimum Gasteiger partial charge on any atom is -0.250 e. The van der Waals surface area contributed by atoms with Gasteiger partial charge in [-0.1, -0.05) is 5.23 Å². The highest BCUT2D eigenvalue weighted by Gasteiger charge is 2.12. The molecule has 0 saturated heterocycles. The first-order valence-electron chi connectivity index (χ1n) is 2.77. The van der Waals surface area contributed by atoms with Crippen molar-refractivity contribution in [3.8, 4) is 0 Å². The van der Waals surface area contributed by atoms with Crippen LogP contribution in [0.15, 0.2) is 22.5 Å². The van der Waals surface area contributed by atoms with Crippen molar-refractivity contribution >= 4 is 12.4 Å². The number of hydrogen-bond donors (Lipinski definition) is 0. The van der Waals surface area contributed by atoms with Crippen molar-refractivity contribution in [1.82, 2.24) is 10.2 Å². The summed E-state index contributed by atoms with van der Waals surface area (Å²) in [4.78, 5) is 0.